The van der Waals surface area contributed by atoms with Gasteiger partial charge in [0.15, 0.2) is 0 Å². The molecule has 0 aliphatic carbocycles. The average Bonchev–Trinajstić information content (AvgIpc) is 1.69. The quantitative estimate of drug-likeness (QED) is 0.383. The number of hydrogen-bond donors (Lipinski definition) is 1. The van der Waals surface area contributed by atoms with Crippen molar-refractivity contribution in [3.8, 4) is 0 Å². The van der Waals surface area contributed by atoms with Crippen LogP contribution in [0.2, 0.25) is 0 Å². The van der Waals surface area contributed by atoms with Gasteiger partial charge in [-0.2, -0.15) is 0 Å². The third kappa shape index (κ3) is 6.14. The fraction of sp³-hybridized carbons (Fsp3) is 1.00. The molecular weight excluding hydrogens is 106 g/mol. The van der Waals surface area contributed by atoms with E-state index in [1.165, 1.54) is 0 Å². The highest BCUT2D eigenvalue weighted by molar-refractivity contribution is 6.35. The molecular formula is C4H13NOSi. The topological polar surface area (TPSA) is 35.2 Å². The zero-order valence-electron chi connectivity index (χ0n) is 4.81. The summed E-state index contributed by atoms with van der Waals surface area (Å²) in [6.45, 7) is 2.85. The van der Waals surface area contributed by atoms with Crippen molar-refractivity contribution in [2.24, 2.45) is 5.73 Å². The molecule has 0 saturated carbocycles. The second-order valence-corrected chi connectivity index (χ2v) is 3.03. The van der Waals surface area contributed by atoms with Crippen LogP contribution in [0.4, 0.5) is 0 Å². The van der Waals surface area contributed by atoms with E-state index in [1.807, 2.05) is 6.92 Å². The molecule has 7 heavy (non-hydrogen) atoms. The lowest BCUT2D eigenvalue weighted by Crippen LogP contribution is -2.14. The van der Waals surface area contributed by atoms with E-state index in [0.717, 1.165) is 19.0 Å². The van der Waals surface area contributed by atoms with E-state index in [-0.39, 0.29) is 9.52 Å². The van der Waals surface area contributed by atoms with Crippen molar-refractivity contribution in [1.82, 2.24) is 0 Å². The van der Waals surface area contributed by atoms with Crippen LogP contribution in [-0.2, 0) is 4.74 Å². The van der Waals surface area contributed by atoms with Gasteiger partial charge in [0.1, 0.15) is 0 Å². The first-order chi connectivity index (χ1) is 3.41. The normalized spacial score (nSPS) is 11.1. The van der Waals surface area contributed by atoms with E-state index in [4.69, 9.17) is 10.5 Å². The highest BCUT2D eigenvalue weighted by Crippen LogP contribution is 1.66. The molecule has 0 rings (SSSR count). The summed E-state index contributed by atoms with van der Waals surface area (Å²) in [6, 6.07) is 0. The molecule has 0 bridgehead atoms. The van der Waals surface area contributed by atoms with Crippen LogP contribution in [-0.4, -0.2) is 28.5 Å². The van der Waals surface area contributed by atoms with Crippen LogP contribution in [0.25, 0.3) is 0 Å². The first kappa shape index (κ1) is 7.14. The van der Waals surface area contributed by atoms with Gasteiger partial charge in [-0.25, -0.2) is 0 Å². The molecule has 44 valence electrons. The van der Waals surface area contributed by atoms with Crippen molar-refractivity contribution >= 4 is 9.52 Å². The van der Waals surface area contributed by atoms with Crippen molar-refractivity contribution in [1.29, 1.82) is 0 Å². The van der Waals surface area contributed by atoms with Gasteiger partial charge in [0.05, 0.1) is 9.52 Å². The van der Waals surface area contributed by atoms with E-state index >= 15 is 0 Å². The van der Waals surface area contributed by atoms with Gasteiger partial charge in [-0.15, -0.1) is 0 Å². The van der Waals surface area contributed by atoms with Crippen molar-refractivity contribution < 1.29 is 4.74 Å². The first-order valence-electron chi connectivity index (χ1n) is 2.69. The Morgan fingerprint density at radius 1 is 1.71 bits per heavy atom. The summed E-state index contributed by atoms with van der Waals surface area (Å²) < 4.78 is 5.06. The number of rotatable bonds is 4. The molecule has 0 aliphatic rings. The Kier molecular flexibility index (Phi) is 6.26. The monoisotopic (exact) mass is 119 g/mol. The Hall–Kier alpha value is 0.137. The summed E-state index contributed by atoms with van der Waals surface area (Å²) in [7, 11) is -0.0337. The lowest BCUT2D eigenvalue weighted by Gasteiger charge is -1.94. The summed E-state index contributed by atoms with van der Waals surface area (Å²) in [5.74, 6) is 0. The molecule has 0 aromatic rings. The van der Waals surface area contributed by atoms with Gasteiger partial charge in [-0.1, -0.05) is 0 Å². The average molecular weight is 119 g/mol. The molecule has 0 heterocycles. The molecule has 0 aliphatic heterocycles. The maximum absolute atomic E-state index is 5.25. The van der Waals surface area contributed by atoms with Crippen LogP contribution in [0.3, 0.4) is 0 Å². The standard InChI is InChI=1S/C4H13NOSi/c1-2-6-4-7-3-5/h2-5,7H2,1H3. The molecule has 0 aromatic heterocycles. The van der Waals surface area contributed by atoms with Gasteiger partial charge in [0.25, 0.3) is 0 Å². The lowest BCUT2D eigenvalue weighted by molar-refractivity contribution is 0.193. The second kappa shape index (κ2) is 6.14. The summed E-state index contributed by atoms with van der Waals surface area (Å²) in [6.07, 6.45) is 1.83. The highest BCUT2D eigenvalue weighted by Gasteiger charge is 1.80. The molecule has 0 unspecified atom stereocenters. The minimum absolute atomic E-state index is 0.0337. The van der Waals surface area contributed by atoms with Crippen LogP contribution < -0.4 is 5.73 Å². The van der Waals surface area contributed by atoms with Crippen molar-refractivity contribution in [2.45, 2.75) is 6.92 Å². The minimum Gasteiger partial charge on any atom is -0.386 e. The van der Waals surface area contributed by atoms with E-state index in [9.17, 15) is 0 Å². The molecule has 2 N–H and O–H groups in total. The highest BCUT2D eigenvalue weighted by atomic mass is 28.2. The number of ether oxygens (including phenoxy) is 1. The van der Waals surface area contributed by atoms with Gasteiger partial charge in [-0.3, -0.25) is 0 Å². The summed E-state index contributed by atoms with van der Waals surface area (Å²) in [5, 5.41) is 0. The molecule has 0 radical (unpaired) electrons. The minimum atomic E-state index is -0.0337. The van der Waals surface area contributed by atoms with Crippen LogP contribution in [0.15, 0.2) is 0 Å². The van der Waals surface area contributed by atoms with Gasteiger partial charge >= 0.3 is 0 Å². The lowest BCUT2D eigenvalue weighted by atomic mass is 10.9. The molecule has 0 saturated heterocycles. The third-order valence-electron chi connectivity index (χ3n) is 0.697. The zero-order valence-corrected chi connectivity index (χ0v) is 6.23. The van der Waals surface area contributed by atoms with Crippen LogP contribution in [0.1, 0.15) is 6.92 Å². The number of hydrogen-bond acceptors (Lipinski definition) is 2. The summed E-state index contributed by atoms with van der Waals surface area (Å²) in [4.78, 5) is 0. The van der Waals surface area contributed by atoms with Crippen molar-refractivity contribution in [3.05, 3.63) is 0 Å². The fourth-order valence-corrected chi connectivity index (χ4v) is 0.989. The third-order valence-corrected chi connectivity index (χ3v) is 1.68. The maximum Gasteiger partial charge on any atom is 0.0671 e. The van der Waals surface area contributed by atoms with Gasteiger partial charge in [-0.05, 0) is 13.1 Å². The Morgan fingerprint density at radius 2 is 2.43 bits per heavy atom. The van der Waals surface area contributed by atoms with E-state index in [1.54, 1.807) is 0 Å². The zero-order chi connectivity index (χ0) is 5.54. The van der Waals surface area contributed by atoms with E-state index in [0.29, 0.717) is 0 Å². The van der Waals surface area contributed by atoms with E-state index in [2.05, 4.69) is 0 Å². The van der Waals surface area contributed by atoms with Gasteiger partial charge < -0.3 is 10.5 Å². The number of nitrogens with two attached hydrogens (primary N) is 1. The van der Waals surface area contributed by atoms with Gasteiger partial charge in [0.2, 0.25) is 0 Å². The Bertz CT molecular complexity index is 30.9. The summed E-state index contributed by atoms with van der Waals surface area (Å²) >= 11 is 0. The maximum atomic E-state index is 5.25. The van der Waals surface area contributed by atoms with Gasteiger partial charge in [0, 0.05) is 12.8 Å². The molecule has 2 nitrogen and oxygen atoms in total. The van der Waals surface area contributed by atoms with Crippen LogP contribution >= 0.6 is 0 Å². The summed E-state index contributed by atoms with van der Waals surface area (Å²) in [5.41, 5.74) is 5.25. The fourth-order valence-electron chi connectivity index (χ4n) is 0.330. The van der Waals surface area contributed by atoms with E-state index < -0.39 is 0 Å². The Labute approximate surface area is 46.9 Å². The largest absolute Gasteiger partial charge is 0.386 e. The molecule has 0 spiro atoms. The predicted molar refractivity (Wildman–Crippen MR) is 34.1 cm³/mol. The molecule has 0 amide bonds. The smallest absolute Gasteiger partial charge is 0.0671 e. The Balaban J connectivity index is 2.45. The molecule has 0 atom stereocenters. The second-order valence-electron chi connectivity index (χ2n) is 1.34. The van der Waals surface area contributed by atoms with Crippen LogP contribution in [0.5, 0.6) is 0 Å². The Morgan fingerprint density at radius 3 is 2.86 bits per heavy atom. The molecule has 3 heteroatoms. The van der Waals surface area contributed by atoms with Crippen molar-refractivity contribution in [3.63, 3.8) is 0 Å². The predicted octanol–water partition coefficient (Wildman–Crippen LogP) is -0.935. The van der Waals surface area contributed by atoms with Crippen LogP contribution in [0, 0.1) is 0 Å². The SMILES string of the molecule is CCOC[SiH2]CN. The first-order valence-corrected chi connectivity index (χ1v) is 4.69. The molecule has 0 aromatic carbocycles. The molecule has 0 fully saturated rings. The van der Waals surface area contributed by atoms with Crippen molar-refractivity contribution in [2.75, 3.05) is 19.0 Å².